The predicted molar refractivity (Wildman–Crippen MR) is 82.0 cm³/mol. The second-order valence-electron chi connectivity index (χ2n) is 6.59. The summed E-state index contributed by atoms with van der Waals surface area (Å²) in [6.07, 6.45) is 4.81. The van der Waals surface area contributed by atoms with E-state index in [0.717, 1.165) is 18.8 Å². The molecule has 1 aromatic carbocycles. The Morgan fingerprint density at radius 3 is 2.75 bits per heavy atom. The van der Waals surface area contributed by atoms with Gasteiger partial charge in [-0.05, 0) is 76.0 Å². The zero-order valence-corrected chi connectivity index (χ0v) is 12.7. The Morgan fingerprint density at radius 2 is 2.00 bits per heavy atom. The number of rotatable bonds is 3. The van der Waals surface area contributed by atoms with Crippen LogP contribution in [0.15, 0.2) is 18.2 Å². The SMILES string of the molecule is CN1CCC(CN(C)C2CCc3c(O)cccc32)CC1. The third-order valence-electron chi connectivity index (χ3n) is 5.13. The fourth-order valence-corrected chi connectivity index (χ4v) is 3.85. The van der Waals surface area contributed by atoms with E-state index in [0.29, 0.717) is 11.8 Å². The van der Waals surface area contributed by atoms with Gasteiger partial charge in [0.15, 0.2) is 0 Å². The number of nitrogens with zero attached hydrogens (tertiary/aromatic N) is 2. The Hall–Kier alpha value is -1.06. The lowest BCUT2D eigenvalue weighted by Crippen LogP contribution is -2.36. The van der Waals surface area contributed by atoms with Crippen LogP contribution in [0.25, 0.3) is 0 Å². The molecule has 1 aliphatic heterocycles. The molecule has 2 aliphatic rings. The van der Waals surface area contributed by atoms with Crippen LogP contribution in [0.4, 0.5) is 0 Å². The van der Waals surface area contributed by atoms with E-state index in [1.165, 1.54) is 43.6 Å². The second kappa shape index (κ2) is 5.74. The molecule has 1 unspecified atom stereocenters. The van der Waals surface area contributed by atoms with E-state index >= 15 is 0 Å². The van der Waals surface area contributed by atoms with Crippen molar-refractivity contribution < 1.29 is 5.11 Å². The third-order valence-corrected chi connectivity index (χ3v) is 5.13. The minimum Gasteiger partial charge on any atom is -0.508 e. The zero-order valence-electron chi connectivity index (χ0n) is 12.7. The van der Waals surface area contributed by atoms with E-state index in [2.05, 4.69) is 30.0 Å². The quantitative estimate of drug-likeness (QED) is 0.918. The van der Waals surface area contributed by atoms with Gasteiger partial charge in [-0.25, -0.2) is 0 Å². The molecule has 1 aliphatic carbocycles. The number of benzene rings is 1. The summed E-state index contributed by atoms with van der Waals surface area (Å²) in [7, 11) is 4.47. The first kappa shape index (κ1) is 13.9. The number of aromatic hydroxyl groups is 1. The number of likely N-dealkylation sites (tertiary alicyclic amines) is 1. The van der Waals surface area contributed by atoms with Crippen LogP contribution >= 0.6 is 0 Å². The molecule has 0 aromatic heterocycles. The molecule has 1 N–H and O–H groups in total. The molecule has 0 bridgehead atoms. The van der Waals surface area contributed by atoms with Crippen LogP contribution in [0.2, 0.25) is 0 Å². The Balaban J connectivity index is 1.65. The summed E-state index contributed by atoms with van der Waals surface area (Å²) in [6, 6.07) is 6.49. The van der Waals surface area contributed by atoms with Crippen molar-refractivity contribution in [3.05, 3.63) is 29.3 Å². The van der Waals surface area contributed by atoms with E-state index < -0.39 is 0 Å². The summed E-state index contributed by atoms with van der Waals surface area (Å²) < 4.78 is 0. The highest BCUT2D eigenvalue weighted by atomic mass is 16.3. The second-order valence-corrected chi connectivity index (χ2v) is 6.59. The summed E-state index contributed by atoms with van der Waals surface area (Å²) in [6.45, 7) is 3.66. The molecule has 1 aromatic rings. The molecule has 3 rings (SSSR count). The first-order valence-electron chi connectivity index (χ1n) is 7.84. The van der Waals surface area contributed by atoms with Gasteiger partial charge in [-0.3, -0.25) is 4.90 Å². The molecular weight excluding hydrogens is 248 g/mol. The van der Waals surface area contributed by atoms with Gasteiger partial charge in [0.25, 0.3) is 0 Å². The average molecular weight is 274 g/mol. The van der Waals surface area contributed by atoms with Gasteiger partial charge in [-0.2, -0.15) is 0 Å². The first-order valence-corrected chi connectivity index (χ1v) is 7.84. The fraction of sp³-hybridized carbons (Fsp3) is 0.647. The Morgan fingerprint density at radius 1 is 1.25 bits per heavy atom. The Bertz CT molecular complexity index is 466. The van der Waals surface area contributed by atoms with Crippen LogP contribution in [0.3, 0.4) is 0 Å². The summed E-state index contributed by atoms with van der Waals surface area (Å²) in [4.78, 5) is 4.95. The van der Waals surface area contributed by atoms with E-state index in [1.807, 2.05) is 12.1 Å². The number of hydrogen-bond acceptors (Lipinski definition) is 3. The third kappa shape index (κ3) is 2.70. The van der Waals surface area contributed by atoms with Crippen molar-refractivity contribution >= 4 is 0 Å². The monoisotopic (exact) mass is 274 g/mol. The van der Waals surface area contributed by atoms with Crippen molar-refractivity contribution in [3.8, 4) is 5.75 Å². The summed E-state index contributed by atoms with van der Waals surface area (Å²) >= 11 is 0. The summed E-state index contributed by atoms with van der Waals surface area (Å²) in [5.41, 5.74) is 2.52. The van der Waals surface area contributed by atoms with E-state index in [9.17, 15) is 5.11 Å². The molecule has 0 amide bonds. The molecule has 1 atom stereocenters. The van der Waals surface area contributed by atoms with Gasteiger partial charge < -0.3 is 10.0 Å². The van der Waals surface area contributed by atoms with Gasteiger partial charge in [-0.15, -0.1) is 0 Å². The maximum Gasteiger partial charge on any atom is 0.119 e. The smallest absolute Gasteiger partial charge is 0.119 e. The van der Waals surface area contributed by atoms with Gasteiger partial charge in [0.05, 0.1) is 0 Å². The van der Waals surface area contributed by atoms with Gasteiger partial charge in [0, 0.05) is 12.6 Å². The van der Waals surface area contributed by atoms with E-state index in [-0.39, 0.29) is 0 Å². The topological polar surface area (TPSA) is 26.7 Å². The van der Waals surface area contributed by atoms with Crippen molar-refractivity contribution in [2.75, 3.05) is 33.7 Å². The predicted octanol–water partition coefficient (Wildman–Crippen LogP) is 2.65. The average Bonchev–Trinajstić information content (AvgIpc) is 2.87. The van der Waals surface area contributed by atoms with Crippen LogP contribution in [-0.2, 0) is 6.42 Å². The van der Waals surface area contributed by atoms with Crippen LogP contribution in [0.5, 0.6) is 5.75 Å². The van der Waals surface area contributed by atoms with Crippen LogP contribution in [0, 0.1) is 5.92 Å². The van der Waals surface area contributed by atoms with Crippen LogP contribution in [0.1, 0.15) is 36.4 Å². The highest BCUT2D eigenvalue weighted by Gasteiger charge is 2.29. The van der Waals surface area contributed by atoms with E-state index in [1.54, 1.807) is 0 Å². The van der Waals surface area contributed by atoms with Crippen molar-refractivity contribution in [1.29, 1.82) is 0 Å². The molecule has 110 valence electrons. The molecule has 3 heteroatoms. The molecule has 0 saturated carbocycles. The molecule has 20 heavy (non-hydrogen) atoms. The molecule has 1 saturated heterocycles. The lowest BCUT2D eigenvalue weighted by Gasteiger charge is -2.34. The highest BCUT2D eigenvalue weighted by Crippen LogP contribution is 2.39. The van der Waals surface area contributed by atoms with Crippen molar-refractivity contribution in [2.24, 2.45) is 5.92 Å². The minimum atomic E-state index is 0.484. The van der Waals surface area contributed by atoms with Crippen molar-refractivity contribution in [3.63, 3.8) is 0 Å². The number of phenols is 1. The van der Waals surface area contributed by atoms with Gasteiger partial charge in [0.1, 0.15) is 5.75 Å². The molecule has 0 radical (unpaired) electrons. The van der Waals surface area contributed by atoms with Gasteiger partial charge >= 0.3 is 0 Å². The molecule has 1 heterocycles. The normalized spacial score (nSPS) is 24.2. The maximum absolute atomic E-state index is 9.96. The number of piperidine rings is 1. The zero-order chi connectivity index (χ0) is 14.1. The standard InChI is InChI=1S/C17H26N2O/c1-18-10-8-13(9-11-18)12-19(2)16-7-6-15-14(16)4-3-5-17(15)20/h3-5,13,16,20H,6-12H2,1-2H3. The Labute approximate surface area is 122 Å². The van der Waals surface area contributed by atoms with E-state index in [4.69, 9.17) is 0 Å². The number of hydrogen-bond donors (Lipinski definition) is 1. The van der Waals surface area contributed by atoms with Gasteiger partial charge in [0.2, 0.25) is 0 Å². The van der Waals surface area contributed by atoms with Crippen LogP contribution in [-0.4, -0.2) is 48.6 Å². The van der Waals surface area contributed by atoms with Gasteiger partial charge in [-0.1, -0.05) is 12.1 Å². The van der Waals surface area contributed by atoms with Crippen molar-refractivity contribution in [1.82, 2.24) is 9.80 Å². The molecule has 3 nitrogen and oxygen atoms in total. The lowest BCUT2D eigenvalue weighted by atomic mass is 9.95. The maximum atomic E-state index is 9.96. The largest absolute Gasteiger partial charge is 0.508 e. The summed E-state index contributed by atoms with van der Waals surface area (Å²) in [5.74, 6) is 1.32. The summed E-state index contributed by atoms with van der Waals surface area (Å²) in [5, 5.41) is 9.96. The minimum absolute atomic E-state index is 0.484. The molecule has 1 fully saturated rings. The fourth-order valence-electron chi connectivity index (χ4n) is 3.85. The van der Waals surface area contributed by atoms with Crippen LogP contribution < -0.4 is 0 Å². The molecular formula is C17H26N2O. The number of phenolic OH excluding ortho intramolecular Hbond substituents is 1. The Kier molecular flexibility index (Phi) is 3.99. The first-order chi connectivity index (χ1) is 9.65. The highest BCUT2D eigenvalue weighted by molar-refractivity contribution is 5.44. The molecule has 0 spiro atoms. The van der Waals surface area contributed by atoms with Crippen molar-refractivity contribution in [2.45, 2.75) is 31.7 Å². The number of fused-ring (bicyclic) bond motifs is 1. The lowest BCUT2D eigenvalue weighted by molar-refractivity contribution is 0.149.